The molecule has 6 N–H and O–H groups in total. The Morgan fingerprint density at radius 1 is 1.04 bits per heavy atom. The SMILES string of the molecule is CC(=[OH+])/C=C(/C)O.CC(=[OH+])/C=C(/C)O.COc1cc2c(c(OC)c1OC)=N/C(=C(/[O-])N1CC(CCl)c3ccc(NCC[NH-])cc31)C=2.[Cr+5]. The Morgan fingerprint density at radius 2 is 1.64 bits per heavy atom. The number of aliphatic hydroxyl groups is 2. The summed E-state index contributed by atoms with van der Waals surface area (Å²) in [5, 5.41) is 34.8. The van der Waals surface area contributed by atoms with Gasteiger partial charge in [-0.1, -0.05) is 6.07 Å². The van der Waals surface area contributed by atoms with Gasteiger partial charge in [-0.2, -0.15) is 0 Å². The maximum Gasteiger partial charge on any atom is 5.00 e. The van der Waals surface area contributed by atoms with E-state index < -0.39 is 0 Å². The molecule has 0 saturated heterocycles. The number of aliphatic hydroxyl groups excluding tert-OH is 2. The Bertz CT molecular complexity index is 1610. The van der Waals surface area contributed by atoms with Crippen molar-refractivity contribution in [3.05, 3.63) is 81.4 Å². The number of fused-ring (bicyclic) bond motifs is 2. The van der Waals surface area contributed by atoms with E-state index in [9.17, 15) is 5.11 Å². The summed E-state index contributed by atoms with van der Waals surface area (Å²) in [5.41, 5.74) is 10.4. The fraction of sp³-hybridized carbons (Fsp3) is 0.364. The first-order chi connectivity index (χ1) is 21.8. The molecule has 0 saturated carbocycles. The fourth-order valence-corrected chi connectivity index (χ4v) is 4.98. The molecule has 0 amide bonds. The van der Waals surface area contributed by atoms with Gasteiger partial charge in [-0.05, 0) is 56.1 Å². The molecule has 1 unspecified atom stereocenters. The van der Waals surface area contributed by atoms with E-state index in [0.29, 0.717) is 47.3 Å². The van der Waals surface area contributed by atoms with Crippen LogP contribution < -0.4 is 40.1 Å². The molecule has 4 rings (SSSR count). The second-order valence-electron chi connectivity index (χ2n) is 10.3. The van der Waals surface area contributed by atoms with Crippen LogP contribution in [0.4, 0.5) is 11.4 Å². The molecular formula is C33H43ClCrN4O8+5. The van der Waals surface area contributed by atoms with Crippen LogP contribution >= 0.6 is 11.6 Å². The number of halogens is 1. The van der Waals surface area contributed by atoms with E-state index in [-0.39, 0.29) is 58.8 Å². The number of anilines is 2. The van der Waals surface area contributed by atoms with Crippen molar-refractivity contribution in [2.24, 2.45) is 4.99 Å². The van der Waals surface area contributed by atoms with Gasteiger partial charge in [0.15, 0.2) is 11.5 Å². The van der Waals surface area contributed by atoms with Crippen LogP contribution in [0, 0.1) is 0 Å². The van der Waals surface area contributed by atoms with Crippen LogP contribution in [0.5, 0.6) is 17.2 Å². The standard InChI is InChI=1S/C23H26ClN4O4.2C5H8O2.Cr/c1-30-19-9-13-8-17(27-20(13)22(32-3)21(19)31-2)23(29)28-12-14(11-24)16-5-4-15(10-18(16)28)26-7-6-25;2*1-4(6)3-5(2)7;/h4-5,8-10,14,25-26,29H,6-7,11-12H2,1-3H3;2*3,6H,1-2H3;/q-1;;;+5/p+1/b23-17+;2*4-3-;. The van der Waals surface area contributed by atoms with Gasteiger partial charge in [-0.25, -0.2) is 4.99 Å². The van der Waals surface area contributed by atoms with E-state index >= 15 is 0 Å². The molecular weight excluding hydrogens is 668 g/mol. The molecule has 2 aromatic carbocycles. The summed E-state index contributed by atoms with van der Waals surface area (Å²) < 4.78 is 16.4. The Hall–Kier alpha value is -4.15. The van der Waals surface area contributed by atoms with Crippen molar-refractivity contribution in [3.8, 4) is 17.2 Å². The predicted molar refractivity (Wildman–Crippen MR) is 181 cm³/mol. The molecule has 251 valence electrons. The number of rotatable bonds is 10. The van der Waals surface area contributed by atoms with Crippen molar-refractivity contribution in [1.82, 2.24) is 0 Å². The van der Waals surface area contributed by atoms with Gasteiger partial charge >= 0.3 is 28.9 Å². The van der Waals surface area contributed by atoms with Crippen LogP contribution in [0.1, 0.15) is 39.2 Å². The van der Waals surface area contributed by atoms with Crippen LogP contribution in [0.3, 0.4) is 0 Å². The molecule has 1 radical (unpaired) electrons. The molecule has 0 aromatic heterocycles. The van der Waals surface area contributed by atoms with Crippen molar-refractivity contribution >= 4 is 40.6 Å². The number of hydrogen-bond acceptors (Lipinski definition) is 9. The van der Waals surface area contributed by atoms with E-state index in [1.54, 1.807) is 24.2 Å². The van der Waals surface area contributed by atoms with Crippen molar-refractivity contribution < 1.29 is 56.5 Å². The predicted octanol–water partition coefficient (Wildman–Crippen LogP) is 3.99. The summed E-state index contributed by atoms with van der Waals surface area (Å²) in [4.78, 5) is 23.1. The maximum atomic E-state index is 13.5. The Balaban J connectivity index is 0.000000619. The molecule has 0 bridgehead atoms. The number of hydrogen-bond donors (Lipinski definition) is 3. The smallest absolute Gasteiger partial charge is 0.859 e. The minimum absolute atomic E-state index is 0. The van der Waals surface area contributed by atoms with E-state index in [0.717, 1.165) is 22.2 Å². The number of ether oxygens (including phenoxy) is 3. The minimum Gasteiger partial charge on any atom is -0.859 e. The Morgan fingerprint density at radius 3 is 2.09 bits per heavy atom. The van der Waals surface area contributed by atoms with Crippen LogP contribution in [0.25, 0.3) is 11.8 Å². The molecule has 2 heterocycles. The van der Waals surface area contributed by atoms with Crippen molar-refractivity contribution in [1.29, 1.82) is 0 Å². The van der Waals surface area contributed by atoms with E-state index in [1.165, 1.54) is 54.1 Å². The summed E-state index contributed by atoms with van der Waals surface area (Å²) in [7, 11) is 4.60. The fourth-order valence-electron chi connectivity index (χ4n) is 4.72. The number of nitrogens with zero attached hydrogens (tertiary/aromatic N) is 2. The first-order valence-electron chi connectivity index (χ1n) is 14.3. The van der Waals surface area contributed by atoms with Gasteiger partial charge in [0.05, 0.1) is 64.5 Å². The normalized spacial score (nSPS) is 15.5. The van der Waals surface area contributed by atoms with Crippen LogP contribution in [0.2, 0.25) is 0 Å². The third kappa shape index (κ3) is 11.3. The molecule has 0 aliphatic carbocycles. The monoisotopic (exact) mass is 710 g/mol. The summed E-state index contributed by atoms with van der Waals surface area (Å²) in [5.74, 6) is 2.09. The number of allylic oxidation sites excluding steroid dienone is 5. The Kier molecular flexibility index (Phi) is 17.0. The first-order valence-corrected chi connectivity index (χ1v) is 14.8. The van der Waals surface area contributed by atoms with Gasteiger partial charge in [0.25, 0.3) is 0 Å². The average Bonchev–Trinajstić information content (AvgIpc) is 3.59. The van der Waals surface area contributed by atoms with E-state index in [4.69, 9.17) is 51.3 Å². The third-order valence-electron chi connectivity index (χ3n) is 6.46. The third-order valence-corrected chi connectivity index (χ3v) is 6.83. The topological polar surface area (TPSA) is 185 Å². The van der Waals surface area contributed by atoms with E-state index in [1.807, 2.05) is 18.2 Å². The van der Waals surface area contributed by atoms with Gasteiger partial charge in [0.1, 0.15) is 5.36 Å². The van der Waals surface area contributed by atoms with Crippen molar-refractivity contribution in [3.63, 3.8) is 0 Å². The zero-order chi connectivity index (χ0) is 34.6. The van der Waals surface area contributed by atoms with Gasteiger partial charge in [-0.15, -0.1) is 18.1 Å². The van der Waals surface area contributed by atoms with Gasteiger partial charge in [0, 0.05) is 34.9 Å². The second-order valence-corrected chi connectivity index (χ2v) is 10.6. The molecule has 2 aromatic rings. The number of ketones is 2. The minimum atomic E-state index is -0.215. The van der Waals surface area contributed by atoms with Gasteiger partial charge in [-0.3, -0.25) is 9.59 Å². The molecule has 2 aliphatic rings. The molecule has 14 heteroatoms. The zero-order valence-corrected chi connectivity index (χ0v) is 29.6. The van der Waals surface area contributed by atoms with Crippen LogP contribution in [0.15, 0.2) is 64.5 Å². The van der Waals surface area contributed by atoms with Gasteiger partial charge in [0.2, 0.25) is 5.75 Å². The van der Waals surface area contributed by atoms with Crippen molar-refractivity contribution in [2.75, 3.05) is 57.1 Å². The Labute approximate surface area is 290 Å². The van der Waals surface area contributed by atoms with E-state index in [2.05, 4.69) is 10.3 Å². The summed E-state index contributed by atoms with van der Waals surface area (Å²) in [6.07, 6.45) is 4.29. The quantitative estimate of drug-likeness (QED) is 0.143. The van der Waals surface area contributed by atoms with Crippen LogP contribution in [-0.4, -0.2) is 78.2 Å². The molecule has 0 spiro atoms. The number of carbonyl (C=O) groups excluding carboxylic acids is 2. The number of alkyl halides is 1. The molecule has 47 heavy (non-hydrogen) atoms. The first kappa shape index (κ1) is 40.9. The molecule has 12 nitrogen and oxygen atoms in total. The van der Waals surface area contributed by atoms with Crippen molar-refractivity contribution in [2.45, 2.75) is 33.6 Å². The number of nitrogens with one attached hydrogen (secondary N) is 2. The number of benzene rings is 2. The number of methoxy groups -OCH3 is 3. The second kappa shape index (κ2) is 19.5. The largest absolute Gasteiger partial charge is 5.00 e. The molecule has 2 aliphatic heterocycles. The molecule has 1 atom stereocenters. The van der Waals surface area contributed by atoms with Gasteiger partial charge < -0.3 is 45.5 Å². The maximum absolute atomic E-state index is 13.5. The average molecular weight is 711 g/mol. The van der Waals surface area contributed by atoms with Crippen LogP contribution in [-0.2, 0) is 17.4 Å². The summed E-state index contributed by atoms with van der Waals surface area (Å²) in [6, 6.07) is 7.67. The zero-order valence-electron chi connectivity index (χ0n) is 27.5. The summed E-state index contributed by atoms with van der Waals surface area (Å²) in [6.45, 7) is 7.28. The summed E-state index contributed by atoms with van der Waals surface area (Å²) >= 11 is 6.21. The molecule has 0 fully saturated rings.